The van der Waals surface area contributed by atoms with Gasteiger partial charge >= 0.3 is 6.03 Å². The number of carbonyl (C=O) groups is 1. The van der Waals surface area contributed by atoms with Gasteiger partial charge in [0.1, 0.15) is 12.4 Å². The van der Waals surface area contributed by atoms with Gasteiger partial charge in [-0.2, -0.15) is 0 Å². The van der Waals surface area contributed by atoms with Crippen molar-refractivity contribution in [3.05, 3.63) is 89.4 Å². The summed E-state index contributed by atoms with van der Waals surface area (Å²) in [6.07, 6.45) is 0. The molecule has 3 rings (SSSR count). The topological polar surface area (TPSA) is 50.4 Å². The standard InChI is InChI=1S/C20H17ClN2O2/c21-16-9-11-17(12-10-16)22-20(24)23-18-7-4-8-19(13-18)25-14-15-5-2-1-3-6-15/h1-13H,14H2,(H2,22,23,24). The highest BCUT2D eigenvalue weighted by Crippen LogP contribution is 2.19. The Bertz CT molecular complexity index is 836. The summed E-state index contributed by atoms with van der Waals surface area (Å²) < 4.78 is 5.76. The van der Waals surface area contributed by atoms with Gasteiger partial charge in [-0.1, -0.05) is 48.0 Å². The van der Waals surface area contributed by atoms with E-state index in [2.05, 4.69) is 10.6 Å². The number of halogens is 1. The zero-order valence-corrected chi connectivity index (χ0v) is 14.2. The van der Waals surface area contributed by atoms with E-state index in [1.54, 1.807) is 36.4 Å². The quantitative estimate of drug-likeness (QED) is 0.631. The van der Waals surface area contributed by atoms with Gasteiger partial charge in [-0.15, -0.1) is 0 Å². The van der Waals surface area contributed by atoms with Crippen molar-refractivity contribution in [2.75, 3.05) is 10.6 Å². The maximum atomic E-state index is 12.1. The van der Waals surface area contributed by atoms with E-state index in [4.69, 9.17) is 16.3 Å². The lowest BCUT2D eigenvalue weighted by atomic mass is 10.2. The predicted octanol–water partition coefficient (Wildman–Crippen LogP) is 5.56. The molecule has 2 amide bonds. The largest absolute Gasteiger partial charge is 0.489 e. The van der Waals surface area contributed by atoms with Gasteiger partial charge in [-0.3, -0.25) is 0 Å². The van der Waals surface area contributed by atoms with Crippen LogP contribution in [0, 0.1) is 0 Å². The second kappa shape index (κ2) is 8.22. The van der Waals surface area contributed by atoms with Crippen molar-refractivity contribution in [1.82, 2.24) is 0 Å². The normalized spacial score (nSPS) is 10.1. The van der Waals surface area contributed by atoms with Crippen molar-refractivity contribution in [3.63, 3.8) is 0 Å². The van der Waals surface area contributed by atoms with Gasteiger partial charge in [0.15, 0.2) is 0 Å². The summed E-state index contributed by atoms with van der Waals surface area (Å²) in [5.41, 5.74) is 2.40. The first-order valence-electron chi connectivity index (χ1n) is 7.79. The second-order valence-corrected chi connectivity index (χ2v) is 5.82. The van der Waals surface area contributed by atoms with Crippen LogP contribution in [0.3, 0.4) is 0 Å². The van der Waals surface area contributed by atoms with E-state index in [-0.39, 0.29) is 6.03 Å². The fourth-order valence-corrected chi connectivity index (χ4v) is 2.36. The summed E-state index contributed by atoms with van der Waals surface area (Å²) in [5, 5.41) is 6.15. The van der Waals surface area contributed by atoms with Gasteiger partial charge in [0.2, 0.25) is 0 Å². The molecule has 0 spiro atoms. The van der Waals surface area contributed by atoms with Crippen molar-refractivity contribution in [3.8, 4) is 5.75 Å². The van der Waals surface area contributed by atoms with Crippen LogP contribution in [0.25, 0.3) is 0 Å². The SMILES string of the molecule is O=C(Nc1ccc(Cl)cc1)Nc1cccc(OCc2ccccc2)c1. The summed E-state index contributed by atoms with van der Waals surface area (Å²) >= 11 is 5.83. The predicted molar refractivity (Wildman–Crippen MR) is 101 cm³/mol. The molecule has 0 atom stereocenters. The van der Waals surface area contributed by atoms with Crippen molar-refractivity contribution in [2.45, 2.75) is 6.61 Å². The maximum absolute atomic E-state index is 12.1. The highest BCUT2D eigenvalue weighted by atomic mass is 35.5. The highest BCUT2D eigenvalue weighted by Gasteiger charge is 2.04. The molecular formula is C20H17ClN2O2. The van der Waals surface area contributed by atoms with Gasteiger partial charge in [0.05, 0.1) is 0 Å². The molecule has 0 aliphatic rings. The molecular weight excluding hydrogens is 336 g/mol. The summed E-state index contributed by atoms with van der Waals surface area (Å²) in [7, 11) is 0. The summed E-state index contributed by atoms with van der Waals surface area (Å²) in [5.74, 6) is 0.688. The maximum Gasteiger partial charge on any atom is 0.323 e. The fourth-order valence-electron chi connectivity index (χ4n) is 2.23. The fraction of sp³-hybridized carbons (Fsp3) is 0.0500. The smallest absolute Gasteiger partial charge is 0.323 e. The van der Waals surface area contributed by atoms with E-state index in [0.29, 0.717) is 28.8 Å². The van der Waals surface area contributed by atoms with Crippen LogP contribution in [-0.4, -0.2) is 6.03 Å². The third-order valence-corrected chi connectivity index (χ3v) is 3.69. The third-order valence-electron chi connectivity index (χ3n) is 3.44. The Kier molecular flexibility index (Phi) is 5.54. The number of carbonyl (C=O) groups excluding carboxylic acids is 1. The monoisotopic (exact) mass is 352 g/mol. The minimum atomic E-state index is -0.331. The Morgan fingerprint density at radius 2 is 1.56 bits per heavy atom. The molecule has 25 heavy (non-hydrogen) atoms. The van der Waals surface area contributed by atoms with Crippen LogP contribution in [0.2, 0.25) is 5.02 Å². The Morgan fingerprint density at radius 1 is 0.840 bits per heavy atom. The van der Waals surface area contributed by atoms with E-state index in [9.17, 15) is 4.79 Å². The Hall–Kier alpha value is -2.98. The van der Waals surface area contributed by atoms with Crippen LogP contribution in [0.1, 0.15) is 5.56 Å². The molecule has 0 saturated heterocycles. The Balaban J connectivity index is 1.57. The van der Waals surface area contributed by atoms with Crippen LogP contribution in [0.5, 0.6) is 5.75 Å². The number of hydrogen-bond acceptors (Lipinski definition) is 2. The average Bonchev–Trinajstić information content (AvgIpc) is 2.63. The molecule has 3 aromatic carbocycles. The second-order valence-electron chi connectivity index (χ2n) is 5.39. The molecule has 0 unspecified atom stereocenters. The molecule has 0 radical (unpaired) electrons. The van der Waals surface area contributed by atoms with Crippen molar-refractivity contribution in [2.24, 2.45) is 0 Å². The van der Waals surface area contributed by atoms with Crippen LogP contribution < -0.4 is 15.4 Å². The first-order chi connectivity index (χ1) is 12.2. The molecule has 0 bridgehead atoms. The summed E-state index contributed by atoms with van der Waals surface area (Å²) in [4.78, 5) is 12.1. The average molecular weight is 353 g/mol. The minimum absolute atomic E-state index is 0.331. The molecule has 4 nitrogen and oxygen atoms in total. The number of ether oxygens (including phenoxy) is 1. The molecule has 126 valence electrons. The van der Waals surface area contributed by atoms with E-state index < -0.39 is 0 Å². The third kappa shape index (κ3) is 5.26. The Morgan fingerprint density at radius 3 is 2.32 bits per heavy atom. The zero-order valence-electron chi connectivity index (χ0n) is 13.4. The van der Waals surface area contributed by atoms with E-state index in [1.165, 1.54) is 0 Å². The van der Waals surface area contributed by atoms with Crippen molar-refractivity contribution in [1.29, 1.82) is 0 Å². The molecule has 0 aliphatic heterocycles. The number of rotatable bonds is 5. The van der Waals surface area contributed by atoms with E-state index >= 15 is 0 Å². The molecule has 0 heterocycles. The Labute approximate surface area is 151 Å². The van der Waals surface area contributed by atoms with E-state index in [1.807, 2.05) is 42.5 Å². The number of urea groups is 1. The van der Waals surface area contributed by atoms with E-state index in [0.717, 1.165) is 5.56 Å². The number of anilines is 2. The van der Waals surface area contributed by atoms with Crippen LogP contribution in [0.15, 0.2) is 78.9 Å². The molecule has 0 aromatic heterocycles. The number of amides is 2. The minimum Gasteiger partial charge on any atom is -0.489 e. The van der Waals surface area contributed by atoms with Crippen LogP contribution >= 0.6 is 11.6 Å². The lowest BCUT2D eigenvalue weighted by Crippen LogP contribution is -2.19. The van der Waals surface area contributed by atoms with Crippen molar-refractivity contribution >= 4 is 29.0 Å². The first kappa shape index (κ1) is 16.9. The highest BCUT2D eigenvalue weighted by molar-refractivity contribution is 6.30. The molecule has 0 aliphatic carbocycles. The van der Waals surface area contributed by atoms with Gasteiger partial charge in [-0.25, -0.2) is 4.79 Å². The van der Waals surface area contributed by atoms with Gasteiger partial charge in [-0.05, 0) is 42.0 Å². The van der Waals surface area contributed by atoms with Crippen LogP contribution in [0.4, 0.5) is 16.2 Å². The number of nitrogens with one attached hydrogen (secondary N) is 2. The lowest BCUT2D eigenvalue weighted by molar-refractivity contribution is 0.262. The summed E-state index contributed by atoms with van der Waals surface area (Å²) in [6.45, 7) is 0.473. The molecule has 5 heteroatoms. The van der Waals surface area contributed by atoms with Gasteiger partial charge in [0.25, 0.3) is 0 Å². The lowest BCUT2D eigenvalue weighted by Gasteiger charge is -2.10. The molecule has 2 N–H and O–H groups in total. The van der Waals surface area contributed by atoms with Crippen LogP contribution in [-0.2, 0) is 6.61 Å². The summed E-state index contributed by atoms with van der Waals surface area (Å²) in [6, 6.07) is 23.8. The number of benzene rings is 3. The zero-order chi connectivity index (χ0) is 17.5. The first-order valence-corrected chi connectivity index (χ1v) is 8.17. The van der Waals surface area contributed by atoms with Gasteiger partial charge < -0.3 is 15.4 Å². The molecule has 0 fully saturated rings. The van der Waals surface area contributed by atoms with Crippen molar-refractivity contribution < 1.29 is 9.53 Å². The van der Waals surface area contributed by atoms with Gasteiger partial charge in [0, 0.05) is 22.5 Å². The molecule has 0 saturated carbocycles. The number of hydrogen-bond donors (Lipinski definition) is 2. The molecule has 3 aromatic rings.